The number of hydrogen-bond donors (Lipinski definition) is 3. The van der Waals surface area contributed by atoms with Crippen LogP contribution >= 0.6 is 0 Å². The lowest BCUT2D eigenvalue weighted by atomic mass is 9.84. The lowest BCUT2D eigenvalue weighted by Gasteiger charge is -2.26. The van der Waals surface area contributed by atoms with Crippen molar-refractivity contribution in [3.8, 4) is 23.4 Å². The Balaban J connectivity index is 2.34. The van der Waals surface area contributed by atoms with Gasteiger partial charge in [-0.15, -0.1) is 0 Å². The molecule has 2 aromatic rings. The second-order valence-electron chi connectivity index (χ2n) is 5.18. The number of aromatic amines is 2. The second kappa shape index (κ2) is 6.09. The molecule has 128 valence electrons. The third kappa shape index (κ3) is 2.59. The van der Waals surface area contributed by atoms with E-state index in [1.54, 1.807) is 18.2 Å². The molecule has 9 nitrogen and oxygen atoms in total. The zero-order chi connectivity index (χ0) is 18.1. The van der Waals surface area contributed by atoms with Crippen molar-refractivity contribution < 1.29 is 14.2 Å². The Bertz CT molecular complexity index is 1030. The Labute approximate surface area is 141 Å². The molecule has 0 saturated heterocycles. The fraction of sp³-hybridized carbons (Fsp3) is 0.188. The van der Waals surface area contributed by atoms with E-state index in [0.29, 0.717) is 17.1 Å². The fourth-order valence-corrected chi connectivity index (χ4v) is 2.76. The van der Waals surface area contributed by atoms with Gasteiger partial charge in [0, 0.05) is 11.6 Å². The van der Waals surface area contributed by atoms with Crippen molar-refractivity contribution in [1.29, 1.82) is 5.26 Å². The summed E-state index contributed by atoms with van der Waals surface area (Å²) in [4.78, 5) is 28.4. The molecule has 0 amide bonds. The number of H-pyrrole nitrogens is 2. The lowest BCUT2D eigenvalue weighted by Crippen LogP contribution is -2.33. The van der Waals surface area contributed by atoms with E-state index in [4.69, 9.17) is 19.9 Å². The van der Waals surface area contributed by atoms with E-state index >= 15 is 0 Å². The molecule has 0 bridgehead atoms. The average Bonchev–Trinajstić information content (AvgIpc) is 2.59. The van der Waals surface area contributed by atoms with Crippen LogP contribution in [-0.2, 0) is 0 Å². The van der Waals surface area contributed by atoms with Crippen LogP contribution in [0.4, 0.5) is 0 Å². The summed E-state index contributed by atoms with van der Waals surface area (Å²) in [7, 11) is 2.96. The van der Waals surface area contributed by atoms with Gasteiger partial charge in [-0.1, -0.05) is 6.07 Å². The van der Waals surface area contributed by atoms with Crippen LogP contribution in [0, 0.1) is 11.3 Å². The van der Waals surface area contributed by atoms with Gasteiger partial charge in [0.15, 0.2) is 0 Å². The van der Waals surface area contributed by atoms with Gasteiger partial charge in [0.1, 0.15) is 23.1 Å². The van der Waals surface area contributed by atoms with E-state index in [-0.39, 0.29) is 22.9 Å². The van der Waals surface area contributed by atoms with Crippen LogP contribution in [0.3, 0.4) is 0 Å². The fourth-order valence-electron chi connectivity index (χ4n) is 2.76. The zero-order valence-electron chi connectivity index (χ0n) is 13.4. The maximum atomic E-state index is 12.4. The maximum Gasteiger partial charge on any atom is 0.328 e. The minimum atomic E-state index is -0.866. The van der Waals surface area contributed by atoms with Crippen LogP contribution in [0.1, 0.15) is 17.0 Å². The van der Waals surface area contributed by atoms with Crippen LogP contribution < -0.4 is 31.2 Å². The molecular formula is C16H14N4O5. The summed E-state index contributed by atoms with van der Waals surface area (Å²) in [6.07, 6.45) is 0. The number of rotatable bonds is 3. The molecule has 25 heavy (non-hydrogen) atoms. The van der Waals surface area contributed by atoms with Gasteiger partial charge in [0.25, 0.3) is 5.56 Å². The first-order chi connectivity index (χ1) is 12.0. The third-order valence-corrected chi connectivity index (χ3v) is 3.87. The number of nitriles is 1. The van der Waals surface area contributed by atoms with E-state index in [0.717, 1.165) is 0 Å². The largest absolute Gasteiger partial charge is 0.497 e. The highest BCUT2D eigenvalue weighted by Crippen LogP contribution is 2.42. The molecule has 0 fully saturated rings. The predicted octanol–water partition coefficient (Wildman–Crippen LogP) is 0.299. The van der Waals surface area contributed by atoms with E-state index in [1.807, 2.05) is 6.07 Å². The number of nitrogens with one attached hydrogen (secondary N) is 2. The number of nitrogens with two attached hydrogens (primary N) is 1. The van der Waals surface area contributed by atoms with Crippen LogP contribution in [-0.4, -0.2) is 24.2 Å². The van der Waals surface area contributed by atoms with E-state index < -0.39 is 17.2 Å². The first kappa shape index (κ1) is 16.2. The molecule has 3 rings (SSSR count). The van der Waals surface area contributed by atoms with Gasteiger partial charge in [0.05, 0.1) is 25.7 Å². The van der Waals surface area contributed by atoms with Crippen molar-refractivity contribution in [2.24, 2.45) is 5.73 Å². The Morgan fingerprint density at radius 1 is 1.24 bits per heavy atom. The van der Waals surface area contributed by atoms with Gasteiger partial charge in [-0.05, 0) is 6.07 Å². The average molecular weight is 342 g/mol. The summed E-state index contributed by atoms with van der Waals surface area (Å²) in [5.41, 5.74) is 5.00. The zero-order valence-corrected chi connectivity index (χ0v) is 13.4. The highest BCUT2D eigenvalue weighted by Gasteiger charge is 2.35. The molecule has 9 heteroatoms. The Morgan fingerprint density at radius 3 is 2.64 bits per heavy atom. The Hall–Kier alpha value is -3.67. The molecule has 0 unspecified atom stereocenters. The van der Waals surface area contributed by atoms with Crippen LogP contribution in [0.25, 0.3) is 0 Å². The molecule has 1 aromatic heterocycles. The van der Waals surface area contributed by atoms with Gasteiger partial charge >= 0.3 is 5.69 Å². The number of ether oxygens (including phenoxy) is 3. The molecule has 0 radical (unpaired) electrons. The van der Waals surface area contributed by atoms with Gasteiger partial charge in [-0.2, -0.15) is 5.26 Å². The molecule has 1 aliphatic heterocycles. The van der Waals surface area contributed by atoms with Gasteiger partial charge < -0.3 is 19.9 Å². The number of fused-ring (bicyclic) bond motifs is 1. The number of benzene rings is 1. The van der Waals surface area contributed by atoms with Crippen LogP contribution in [0.15, 0.2) is 39.2 Å². The van der Waals surface area contributed by atoms with Crippen molar-refractivity contribution >= 4 is 0 Å². The van der Waals surface area contributed by atoms with Gasteiger partial charge in [0.2, 0.25) is 11.8 Å². The number of allylic oxidation sites excluding steroid dienone is 1. The van der Waals surface area contributed by atoms with Crippen molar-refractivity contribution in [3.63, 3.8) is 0 Å². The van der Waals surface area contributed by atoms with Crippen molar-refractivity contribution in [1.82, 2.24) is 9.97 Å². The van der Waals surface area contributed by atoms with E-state index in [2.05, 4.69) is 9.97 Å². The smallest absolute Gasteiger partial charge is 0.328 e. The van der Waals surface area contributed by atoms with Crippen molar-refractivity contribution in [2.45, 2.75) is 5.92 Å². The first-order valence-electron chi connectivity index (χ1n) is 7.16. The predicted molar refractivity (Wildman–Crippen MR) is 86.5 cm³/mol. The number of nitrogens with zero attached hydrogens (tertiary/aromatic N) is 1. The molecule has 4 N–H and O–H groups in total. The van der Waals surface area contributed by atoms with Gasteiger partial charge in [-0.3, -0.25) is 14.8 Å². The van der Waals surface area contributed by atoms with Crippen molar-refractivity contribution in [2.75, 3.05) is 14.2 Å². The third-order valence-electron chi connectivity index (χ3n) is 3.87. The highest BCUT2D eigenvalue weighted by molar-refractivity contribution is 5.57. The Kier molecular flexibility index (Phi) is 3.94. The summed E-state index contributed by atoms with van der Waals surface area (Å²) in [6.45, 7) is 0. The van der Waals surface area contributed by atoms with Crippen LogP contribution in [0.2, 0.25) is 0 Å². The highest BCUT2D eigenvalue weighted by atomic mass is 16.5. The van der Waals surface area contributed by atoms with Crippen LogP contribution in [0.5, 0.6) is 17.4 Å². The first-order valence-corrected chi connectivity index (χ1v) is 7.16. The summed E-state index contributed by atoms with van der Waals surface area (Å²) in [6, 6.07) is 6.91. The summed E-state index contributed by atoms with van der Waals surface area (Å²) < 4.78 is 15.8. The molecule has 1 atom stereocenters. The summed E-state index contributed by atoms with van der Waals surface area (Å²) in [5, 5.41) is 9.51. The number of hydrogen-bond acceptors (Lipinski definition) is 7. The van der Waals surface area contributed by atoms with E-state index in [1.165, 1.54) is 14.2 Å². The van der Waals surface area contributed by atoms with Gasteiger partial charge in [-0.25, -0.2) is 4.79 Å². The molecule has 2 heterocycles. The normalized spacial score (nSPS) is 15.8. The molecule has 0 aliphatic carbocycles. The quantitative estimate of drug-likeness (QED) is 0.727. The minimum Gasteiger partial charge on any atom is -0.497 e. The molecule has 1 aromatic carbocycles. The Morgan fingerprint density at radius 2 is 2.00 bits per heavy atom. The minimum absolute atomic E-state index is 0.0357. The molecule has 1 aliphatic rings. The number of methoxy groups -OCH3 is 2. The lowest BCUT2D eigenvalue weighted by molar-refractivity contribution is 0.368. The second-order valence-corrected chi connectivity index (χ2v) is 5.18. The molecular weight excluding hydrogens is 328 g/mol. The molecule has 0 saturated carbocycles. The standard InChI is InChI=1S/C16H14N4O5/c1-23-7-3-4-8(10(5-7)24-2)11-9(6-17)13(18)25-15-12(11)14(21)19-16(22)20-15/h3-5,11H,18H2,1-2H3,(H2,19,20,21,22)/t11-/m0/s1. The van der Waals surface area contributed by atoms with E-state index in [9.17, 15) is 14.9 Å². The summed E-state index contributed by atoms with van der Waals surface area (Å²) in [5.74, 6) is -0.232. The SMILES string of the molecule is COc1ccc([C@H]2C(C#N)=C(N)Oc3[nH]c(=O)[nH]c(=O)c32)c(OC)c1. The van der Waals surface area contributed by atoms with Crippen molar-refractivity contribution in [3.05, 3.63) is 61.6 Å². The molecule has 0 spiro atoms. The number of aromatic nitrogens is 2. The summed E-state index contributed by atoms with van der Waals surface area (Å²) >= 11 is 0. The maximum absolute atomic E-state index is 12.4. The topological polar surface area (TPSA) is 143 Å². The monoisotopic (exact) mass is 342 g/mol.